The predicted molar refractivity (Wildman–Crippen MR) is 80.0 cm³/mol. The first-order chi connectivity index (χ1) is 9.36. The van der Waals surface area contributed by atoms with E-state index in [1.54, 1.807) is 11.3 Å². The smallest absolute Gasteiger partial charge is 0.110 e. The Morgan fingerprint density at radius 2 is 1.95 bits per heavy atom. The van der Waals surface area contributed by atoms with E-state index in [-0.39, 0.29) is 0 Å². The van der Waals surface area contributed by atoms with Crippen molar-refractivity contribution in [1.29, 1.82) is 5.26 Å². The van der Waals surface area contributed by atoms with E-state index in [4.69, 9.17) is 5.26 Å². The van der Waals surface area contributed by atoms with Crippen LogP contribution in [0, 0.1) is 11.3 Å². The molecule has 1 aliphatic carbocycles. The number of nitrogens with zero attached hydrogens (tertiary/aromatic N) is 1. The molecule has 0 fully saturated rings. The van der Waals surface area contributed by atoms with Gasteiger partial charge in [0.25, 0.3) is 0 Å². The largest absolute Gasteiger partial charge is 0.192 e. The Kier molecular flexibility index (Phi) is 3.48. The highest BCUT2D eigenvalue weighted by molar-refractivity contribution is 7.13. The van der Waals surface area contributed by atoms with Crippen LogP contribution < -0.4 is 0 Å². The second kappa shape index (κ2) is 5.42. The molecular weight excluding hydrogens is 250 g/mol. The molecule has 0 radical (unpaired) electrons. The number of hydrogen-bond acceptors (Lipinski definition) is 2. The summed E-state index contributed by atoms with van der Waals surface area (Å²) in [6.45, 7) is 0. The molecule has 1 aromatic carbocycles. The molecule has 0 N–H and O–H groups in total. The van der Waals surface area contributed by atoms with Gasteiger partial charge in [-0.2, -0.15) is 5.26 Å². The highest BCUT2D eigenvalue weighted by Crippen LogP contribution is 2.37. The molecule has 3 rings (SSSR count). The van der Waals surface area contributed by atoms with Crippen LogP contribution in [0.25, 0.3) is 5.57 Å². The monoisotopic (exact) mass is 265 g/mol. The van der Waals surface area contributed by atoms with Gasteiger partial charge in [-0.3, -0.25) is 0 Å². The van der Waals surface area contributed by atoms with E-state index in [1.807, 2.05) is 6.07 Å². The highest BCUT2D eigenvalue weighted by Gasteiger charge is 2.17. The average Bonchev–Trinajstić information content (AvgIpc) is 2.97. The molecule has 0 aliphatic heterocycles. The summed E-state index contributed by atoms with van der Waals surface area (Å²) in [6, 6.07) is 17.0. The molecule has 0 spiro atoms. The first-order valence-corrected chi connectivity index (χ1v) is 7.43. The van der Waals surface area contributed by atoms with Gasteiger partial charge in [-0.05, 0) is 48.4 Å². The van der Waals surface area contributed by atoms with E-state index in [9.17, 15) is 0 Å². The Hall–Kier alpha value is -1.85. The number of thiophene rings is 1. The van der Waals surface area contributed by atoms with E-state index >= 15 is 0 Å². The van der Waals surface area contributed by atoms with Gasteiger partial charge in [0.1, 0.15) is 10.9 Å². The van der Waals surface area contributed by atoms with E-state index in [2.05, 4.69) is 48.5 Å². The van der Waals surface area contributed by atoms with Crippen molar-refractivity contribution in [2.24, 2.45) is 0 Å². The Bertz CT molecular complexity index is 631. The summed E-state index contributed by atoms with van der Waals surface area (Å²) < 4.78 is 0. The second-order valence-corrected chi connectivity index (χ2v) is 5.97. The fourth-order valence-electron chi connectivity index (χ4n) is 2.66. The molecule has 1 heterocycles. The van der Waals surface area contributed by atoms with E-state index in [1.165, 1.54) is 22.4 Å². The van der Waals surface area contributed by atoms with Gasteiger partial charge in [0, 0.05) is 4.88 Å². The van der Waals surface area contributed by atoms with Crippen molar-refractivity contribution in [3.05, 3.63) is 63.9 Å². The van der Waals surface area contributed by atoms with Crippen LogP contribution in [-0.2, 0) is 0 Å². The standard InChI is InChI=1S/C17H15NS/c18-12-16-10-11-17(19-16)15-8-6-14(7-9-15)13-4-2-1-3-5-13/h1-5,8,10-11,14H,6-7,9H2. The Balaban J connectivity index is 1.76. The first kappa shape index (κ1) is 12.2. The Morgan fingerprint density at radius 1 is 1.11 bits per heavy atom. The Morgan fingerprint density at radius 3 is 2.58 bits per heavy atom. The van der Waals surface area contributed by atoms with Crippen LogP contribution in [0.4, 0.5) is 0 Å². The molecule has 94 valence electrons. The van der Waals surface area contributed by atoms with Crippen molar-refractivity contribution in [1.82, 2.24) is 0 Å². The van der Waals surface area contributed by atoms with Gasteiger partial charge in [0.05, 0.1) is 0 Å². The molecule has 1 aliphatic rings. The third kappa shape index (κ3) is 2.62. The molecule has 2 heteroatoms. The van der Waals surface area contributed by atoms with E-state index in [0.717, 1.165) is 17.7 Å². The summed E-state index contributed by atoms with van der Waals surface area (Å²) in [7, 11) is 0. The number of hydrogen-bond donors (Lipinski definition) is 0. The molecule has 19 heavy (non-hydrogen) atoms. The zero-order valence-electron chi connectivity index (χ0n) is 10.7. The second-order valence-electron chi connectivity index (χ2n) is 4.89. The maximum absolute atomic E-state index is 8.88. The molecule has 0 saturated carbocycles. The first-order valence-electron chi connectivity index (χ1n) is 6.61. The van der Waals surface area contributed by atoms with Crippen molar-refractivity contribution < 1.29 is 0 Å². The average molecular weight is 265 g/mol. The van der Waals surface area contributed by atoms with Gasteiger partial charge >= 0.3 is 0 Å². The molecule has 2 aromatic rings. The van der Waals surface area contributed by atoms with Crippen LogP contribution in [-0.4, -0.2) is 0 Å². The zero-order valence-corrected chi connectivity index (χ0v) is 11.5. The summed E-state index contributed by atoms with van der Waals surface area (Å²) in [5.41, 5.74) is 2.86. The summed E-state index contributed by atoms with van der Waals surface area (Å²) >= 11 is 1.61. The number of rotatable bonds is 2. The van der Waals surface area contributed by atoms with E-state index in [0.29, 0.717) is 5.92 Å². The summed E-state index contributed by atoms with van der Waals surface area (Å²) in [5.74, 6) is 0.653. The van der Waals surface area contributed by atoms with Crippen molar-refractivity contribution in [2.75, 3.05) is 0 Å². The van der Waals surface area contributed by atoms with Crippen molar-refractivity contribution in [3.63, 3.8) is 0 Å². The molecule has 0 saturated heterocycles. The van der Waals surface area contributed by atoms with Crippen LogP contribution in [0.2, 0.25) is 0 Å². The summed E-state index contributed by atoms with van der Waals surface area (Å²) in [6.07, 6.45) is 5.79. The lowest BCUT2D eigenvalue weighted by Crippen LogP contribution is -2.03. The Labute approximate surface area is 117 Å². The number of nitriles is 1. The van der Waals surface area contributed by atoms with Gasteiger partial charge < -0.3 is 0 Å². The SMILES string of the molecule is N#Cc1ccc(C2=CCC(c3ccccc3)CC2)s1. The fourth-order valence-corrected chi connectivity index (χ4v) is 3.53. The zero-order chi connectivity index (χ0) is 13.1. The lowest BCUT2D eigenvalue weighted by Gasteiger charge is -2.21. The molecule has 0 amide bonds. The molecule has 1 unspecified atom stereocenters. The molecule has 1 aromatic heterocycles. The van der Waals surface area contributed by atoms with Crippen LogP contribution in [0.3, 0.4) is 0 Å². The lowest BCUT2D eigenvalue weighted by atomic mass is 9.84. The number of allylic oxidation sites excluding steroid dienone is 2. The topological polar surface area (TPSA) is 23.8 Å². The van der Waals surface area contributed by atoms with Crippen LogP contribution >= 0.6 is 11.3 Å². The minimum Gasteiger partial charge on any atom is -0.192 e. The minimum absolute atomic E-state index is 0.653. The van der Waals surface area contributed by atoms with Crippen LogP contribution in [0.5, 0.6) is 0 Å². The maximum atomic E-state index is 8.88. The third-order valence-corrected chi connectivity index (χ3v) is 4.78. The van der Waals surface area contributed by atoms with Gasteiger partial charge in [-0.1, -0.05) is 36.4 Å². The summed E-state index contributed by atoms with van der Waals surface area (Å²) in [5, 5.41) is 8.88. The number of benzene rings is 1. The van der Waals surface area contributed by atoms with Crippen LogP contribution in [0.1, 0.15) is 40.5 Å². The van der Waals surface area contributed by atoms with Crippen molar-refractivity contribution in [3.8, 4) is 6.07 Å². The third-order valence-electron chi connectivity index (χ3n) is 3.71. The highest BCUT2D eigenvalue weighted by atomic mass is 32.1. The summed E-state index contributed by atoms with van der Waals surface area (Å²) in [4.78, 5) is 2.07. The van der Waals surface area contributed by atoms with Gasteiger partial charge in [0.15, 0.2) is 0 Å². The molecule has 1 atom stereocenters. The lowest BCUT2D eigenvalue weighted by molar-refractivity contribution is 0.626. The molecule has 1 nitrogen and oxygen atoms in total. The molecule has 0 bridgehead atoms. The van der Waals surface area contributed by atoms with Crippen LogP contribution in [0.15, 0.2) is 48.5 Å². The van der Waals surface area contributed by atoms with E-state index < -0.39 is 0 Å². The van der Waals surface area contributed by atoms with Gasteiger partial charge in [0.2, 0.25) is 0 Å². The normalized spacial score (nSPS) is 18.7. The predicted octanol–water partition coefficient (Wildman–Crippen LogP) is 4.97. The van der Waals surface area contributed by atoms with Gasteiger partial charge in [-0.25, -0.2) is 0 Å². The minimum atomic E-state index is 0.653. The van der Waals surface area contributed by atoms with Crippen molar-refractivity contribution in [2.45, 2.75) is 25.2 Å². The quantitative estimate of drug-likeness (QED) is 0.752. The molecular formula is C17H15NS. The van der Waals surface area contributed by atoms with Crippen molar-refractivity contribution >= 4 is 16.9 Å². The van der Waals surface area contributed by atoms with Gasteiger partial charge in [-0.15, -0.1) is 11.3 Å². The maximum Gasteiger partial charge on any atom is 0.110 e. The fraction of sp³-hybridized carbons (Fsp3) is 0.235.